The SMILES string of the molecule is CCN1C(=O)/C(=C/c2cccc(OCC#N)c2)SC1=Nc1ccccc1C. The molecule has 0 bridgehead atoms. The Morgan fingerprint density at radius 2 is 2.07 bits per heavy atom. The van der Waals surface area contributed by atoms with Crippen LogP contribution in [0, 0.1) is 18.3 Å². The fraction of sp³-hybridized carbons (Fsp3) is 0.190. The zero-order valence-electron chi connectivity index (χ0n) is 15.2. The summed E-state index contributed by atoms with van der Waals surface area (Å²) in [6, 6.07) is 17.1. The second kappa shape index (κ2) is 8.56. The number of likely N-dealkylation sites (N-methyl/N-ethyl adjacent to an activating group) is 1. The van der Waals surface area contributed by atoms with Gasteiger partial charge in [0, 0.05) is 6.54 Å². The van der Waals surface area contributed by atoms with E-state index in [9.17, 15) is 4.79 Å². The molecule has 136 valence electrons. The number of nitriles is 1. The second-order valence-corrected chi connectivity index (χ2v) is 6.87. The molecule has 2 aromatic carbocycles. The van der Waals surface area contributed by atoms with Gasteiger partial charge in [-0.05, 0) is 61.0 Å². The van der Waals surface area contributed by atoms with Crippen molar-refractivity contribution < 1.29 is 9.53 Å². The molecule has 1 saturated heterocycles. The van der Waals surface area contributed by atoms with Crippen molar-refractivity contribution in [3.05, 3.63) is 64.6 Å². The average Bonchev–Trinajstić information content (AvgIpc) is 2.96. The normalized spacial score (nSPS) is 16.8. The molecular formula is C21H19N3O2S. The van der Waals surface area contributed by atoms with Crippen LogP contribution in [-0.4, -0.2) is 29.1 Å². The highest BCUT2D eigenvalue weighted by Crippen LogP contribution is 2.34. The third kappa shape index (κ3) is 4.39. The number of para-hydroxylation sites is 1. The van der Waals surface area contributed by atoms with E-state index in [-0.39, 0.29) is 12.5 Å². The van der Waals surface area contributed by atoms with E-state index >= 15 is 0 Å². The fourth-order valence-electron chi connectivity index (χ4n) is 2.62. The number of amides is 1. The van der Waals surface area contributed by atoms with Gasteiger partial charge in [0.2, 0.25) is 0 Å². The zero-order valence-corrected chi connectivity index (χ0v) is 16.0. The smallest absolute Gasteiger partial charge is 0.266 e. The predicted molar refractivity (Wildman–Crippen MR) is 109 cm³/mol. The van der Waals surface area contributed by atoms with Gasteiger partial charge in [-0.15, -0.1) is 0 Å². The summed E-state index contributed by atoms with van der Waals surface area (Å²) in [5.74, 6) is 0.542. The van der Waals surface area contributed by atoms with Gasteiger partial charge < -0.3 is 4.74 Å². The first-order chi connectivity index (χ1) is 13.1. The minimum absolute atomic E-state index is 0.00937. The van der Waals surface area contributed by atoms with Gasteiger partial charge in [-0.2, -0.15) is 5.26 Å². The predicted octanol–water partition coefficient (Wildman–Crippen LogP) is 4.52. The number of amidine groups is 1. The number of hydrogen-bond donors (Lipinski definition) is 0. The van der Waals surface area contributed by atoms with Crippen molar-refractivity contribution in [2.45, 2.75) is 13.8 Å². The molecule has 0 unspecified atom stereocenters. The lowest BCUT2D eigenvalue weighted by molar-refractivity contribution is -0.122. The Kier molecular flexibility index (Phi) is 5.94. The highest BCUT2D eigenvalue weighted by molar-refractivity contribution is 8.18. The van der Waals surface area contributed by atoms with Crippen molar-refractivity contribution in [1.29, 1.82) is 5.26 Å². The van der Waals surface area contributed by atoms with Gasteiger partial charge >= 0.3 is 0 Å². The summed E-state index contributed by atoms with van der Waals surface area (Å²) in [7, 11) is 0. The third-order valence-corrected chi connectivity index (χ3v) is 5.00. The van der Waals surface area contributed by atoms with E-state index < -0.39 is 0 Å². The maximum atomic E-state index is 12.8. The van der Waals surface area contributed by atoms with Crippen LogP contribution in [0.1, 0.15) is 18.1 Å². The van der Waals surface area contributed by atoms with E-state index in [1.165, 1.54) is 11.8 Å². The van der Waals surface area contributed by atoms with Gasteiger partial charge in [0.05, 0.1) is 10.6 Å². The molecule has 0 aromatic heterocycles. The van der Waals surface area contributed by atoms with Crippen LogP contribution in [0.2, 0.25) is 0 Å². The molecule has 1 aliphatic heterocycles. The summed E-state index contributed by atoms with van der Waals surface area (Å²) in [5, 5.41) is 9.31. The first-order valence-corrected chi connectivity index (χ1v) is 9.39. The zero-order chi connectivity index (χ0) is 19.2. The number of benzene rings is 2. The van der Waals surface area contributed by atoms with Crippen molar-refractivity contribution in [1.82, 2.24) is 4.90 Å². The summed E-state index contributed by atoms with van der Waals surface area (Å²) in [5.41, 5.74) is 2.77. The molecule has 1 heterocycles. The molecule has 1 amide bonds. The molecule has 0 saturated carbocycles. The minimum atomic E-state index is -0.0572. The van der Waals surface area contributed by atoms with E-state index in [1.807, 2.05) is 68.5 Å². The quantitative estimate of drug-likeness (QED) is 0.719. The molecule has 2 aromatic rings. The van der Waals surface area contributed by atoms with E-state index in [2.05, 4.69) is 0 Å². The Labute approximate surface area is 163 Å². The standard InChI is InChI=1S/C21H19N3O2S/c1-3-24-20(25)19(14-16-8-6-9-17(13-16)26-12-11-22)27-21(24)23-18-10-5-4-7-15(18)2/h4-10,13-14H,3,12H2,1-2H3/b19-14-,23-21?. The molecule has 0 spiro atoms. The van der Waals surface area contributed by atoms with Gasteiger partial charge in [-0.3, -0.25) is 9.69 Å². The summed E-state index contributed by atoms with van der Waals surface area (Å²) in [4.78, 5) is 19.8. The number of ether oxygens (including phenoxy) is 1. The summed E-state index contributed by atoms with van der Waals surface area (Å²) < 4.78 is 5.33. The number of rotatable bonds is 5. The summed E-state index contributed by atoms with van der Waals surface area (Å²) >= 11 is 1.37. The largest absolute Gasteiger partial charge is 0.479 e. The van der Waals surface area contributed by atoms with Crippen LogP contribution < -0.4 is 4.74 Å². The first kappa shape index (κ1) is 18.7. The molecule has 1 fully saturated rings. The number of carbonyl (C=O) groups excluding carboxylic acids is 1. The van der Waals surface area contributed by atoms with Crippen molar-refractivity contribution in [2.75, 3.05) is 13.2 Å². The van der Waals surface area contributed by atoms with E-state index in [1.54, 1.807) is 11.0 Å². The Morgan fingerprint density at radius 3 is 2.81 bits per heavy atom. The number of nitrogens with zero attached hydrogens (tertiary/aromatic N) is 3. The van der Waals surface area contributed by atoms with Crippen molar-refractivity contribution in [3.63, 3.8) is 0 Å². The molecule has 0 aliphatic carbocycles. The van der Waals surface area contributed by atoms with Gasteiger partial charge in [0.25, 0.3) is 5.91 Å². The van der Waals surface area contributed by atoms with Crippen molar-refractivity contribution in [2.24, 2.45) is 4.99 Å². The van der Waals surface area contributed by atoms with Gasteiger partial charge in [-0.25, -0.2) is 4.99 Å². The molecule has 0 N–H and O–H groups in total. The molecular weight excluding hydrogens is 358 g/mol. The number of hydrogen-bond acceptors (Lipinski definition) is 5. The Morgan fingerprint density at radius 1 is 1.26 bits per heavy atom. The van der Waals surface area contributed by atoms with E-state index in [4.69, 9.17) is 15.0 Å². The number of thioether (sulfide) groups is 1. The molecule has 3 rings (SSSR count). The van der Waals surface area contributed by atoms with E-state index in [0.29, 0.717) is 22.4 Å². The number of aliphatic imine (C=N–C) groups is 1. The fourth-order valence-corrected chi connectivity index (χ4v) is 3.68. The van der Waals surface area contributed by atoms with Crippen LogP contribution in [0.5, 0.6) is 5.75 Å². The highest BCUT2D eigenvalue weighted by Gasteiger charge is 2.32. The molecule has 27 heavy (non-hydrogen) atoms. The van der Waals surface area contributed by atoms with Crippen molar-refractivity contribution in [3.8, 4) is 11.8 Å². The van der Waals surface area contributed by atoms with Crippen molar-refractivity contribution >= 4 is 34.6 Å². The number of carbonyl (C=O) groups is 1. The molecule has 1 aliphatic rings. The summed E-state index contributed by atoms with van der Waals surface area (Å²) in [6.45, 7) is 4.48. The van der Waals surface area contributed by atoms with Crippen LogP contribution in [0.3, 0.4) is 0 Å². The maximum absolute atomic E-state index is 12.8. The Bertz CT molecular complexity index is 960. The first-order valence-electron chi connectivity index (χ1n) is 8.58. The highest BCUT2D eigenvalue weighted by atomic mass is 32.2. The maximum Gasteiger partial charge on any atom is 0.266 e. The molecule has 6 heteroatoms. The van der Waals surface area contributed by atoms with Crippen LogP contribution in [-0.2, 0) is 4.79 Å². The van der Waals surface area contributed by atoms with Gasteiger partial charge in [-0.1, -0.05) is 30.3 Å². The second-order valence-electron chi connectivity index (χ2n) is 5.86. The van der Waals surface area contributed by atoms with E-state index in [0.717, 1.165) is 16.8 Å². The average molecular weight is 377 g/mol. The monoisotopic (exact) mass is 377 g/mol. The molecule has 5 nitrogen and oxygen atoms in total. The third-order valence-electron chi connectivity index (χ3n) is 4.00. The van der Waals surface area contributed by atoms with Crippen LogP contribution in [0.25, 0.3) is 6.08 Å². The topological polar surface area (TPSA) is 65.7 Å². The van der Waals surface area contributed by atoms with Crippen LogP contribution in [0.15, 0.2) is 58.4 Å². The number of aryl methyl sites for hydroxylation is 1. The van der Waals surface area contributed by atoms with Crippen LogP contribution >= 0.6 is 11.8 Å². The van der Waals surface area contributed by atoms with Gasteiger partial charge in [0.1, 0.15) is 11.8 Å². The van der Waals surface area contributed by atoms with Gasteiger partial charge in [0.15, 0.2) is 11.8 Å². The lowest BCUT2D eigenvalue weighted by Gasteiger charge is -2.12. The Hall–Kier alpha value is -3.04. The lowest BCUT2D eigenvalue weighted by atomic mass is 10.2. The summed E-state index contributed by atoms with van der Waals surface area (Å²) in [6.07, 6.45) is 1.83. The minimum Gasteiger partial charge on any atom is -0.479 e. The Balaban J connectivity index is 1.90. The molecule has 0 radical (unpaired) electrons. The lowest BCUT2D eigenvalue weighted by Crippen LogP contribution is -2.28. The molecule has 0 atom stereocenters. The van der Waals surface area contributed by atoms with Crippen LogP contribution in [0.4, 0.5) is 5.69 Å².